The SMILES string of the molecule is CC[C@@H](C(=O)O)n1cc(Br)c(C(F)(F)F)n1. The third-order valence-corrected chi connectivity index (χ3v) is 2.53. The minimum absolute atomic E-state index is 0.154. The monoisotopic (exact) mass is 300 g/mol. The fourth-order valence-electron chi connectivity index (χ4n) is 1.20. The molecule has 0 aliphatic carbocycles. The van der Waals surface area contributed by atoms with Gasteiger partial charge in [-0.2, -0.15) is 18.3 Å². The fourth-order valence-corrected chi connectivity index (χ4v) is 1.71. The molecule has 0 radical (unpaired) electrons. The molecule has 0 fully saturated rings. The first-order valence-corrected chi connectivity index (χ1v) is 5.11. The molecule has 1 aromatic heterocycles. The van der Waals surface area contributed by atoms with Gasteiger partial charge in [0, 0.05) is 6.20 Å². The number of hydrogen-bond donors (Lipinski definition) is 1. The van der Waals surface area contributed by atoms with Crippen molar-refractivity contribution in [3.63, 3.8) is 0 Å². The lowest BCUT2D eigenvalue weighted by Gasteiger charge is -2.09. The molecule has 0 aliphatic rings. The van der Waals surface area contributed by atoms with Gasteiger partial charge >= 0.3 is 12.1 Å². The lowest BCUT2D eigenvalue weighted by Crippen LogP contribution is -2.19. The van der Waals surface area contributed by atoms with Gasteiger partial charge in [-0.1, -0.05) is 6.92 Å². The van der Waals surface area contributed by atoms with E-state index in [0.29, 0.717) is 0 Å². The Morgan fingerprint density at radius 3 is 2.56 bits per heavy atom. The van der Waals surface area contributed by atoms with Crippen molar-refractivity contribution in [1.29, 1.82) is 0 Å². The summed E-state index contributed by atoms with van der Waals surface area (Å²) in [7, 11) is 0. The number of aromatic nitrogens is 2. The Morgan fingerprint density at radius 2 is 2.25 bits per heavy atom. The maximum absolute atomic E-state index is 12.4. The Hall–Kier alpha value is -1.05. The number of alkyl halides is 3. The molecule has 1 N–H and O–H groups in total. The van der Waals surface area contributed by atoms with Crippen LogP contribution in [0.4, 0.5) is 13.2 Å². The normalized spacial score (nSPS) is 13.8. The van der Waals surface area contributed by atoms with Crippen LogP contribution in [-0.2, 0) is 11.0 Å². The van der Waals surface area contributed by atoms with Gasteiger partial charge in [0.25, 0.3) is 0 Å². The molecule has 90 valence electrons. The summed E-state index contributed by atoms with van der Waals surface area (Å²) in [5.41, 5.74) is -1.12. The first-order chi connectivity index (χ1) is 7.27. The summed E-state index contributed by atoms with van der Waals surface area (Å²) in [4.78, 5) is 10.7. The lowest BCUT2D eigenvalue weighted by molar-refractivity contribution is -0.145. The second kappa shape index (κ2) is 4.44. The minimum atomic E-state index is -4.60. The Labute approximate surface area is 97.2 Å². The Kier molecular flexibility index (Phi) is 3.61. The number of carboxylic acid groups (broad SMARTS) is 1. The molecule has 0 aromatic carbocycles. The largest absolute Gasteiger partial charge is 0.480 e. The van der Waals surface area contributed by atoms with E-state index >= 15 is 0 Å². The van der Waals surface area contributed by atoms with Crippen molar-refractivity contribution in [2.45, 2.75) is 25.6 Å². The van der Waals surface area contributed by atoms with E-state index in [1.807, 2.05) is 0 Å². The van der Waals surface area contributed by atoms with Gasteiger partial charge in [-0.25, -0.2) is 4.79 Å². The van der Waals surface area contributed by atoms with Crippen LogP contribution in [0.3, 0.4) is 0 Å². The summed E-state index contributed by atoms with van der Waals surface area (Å²) < 4.78 is 37.7. The topological polar surface area (TPSA) is 55.1 Å². The van der Waals surface area contributed by atoms with Crippen molar-refractivity contribution >= 4 is 21.9 Å². The summed E-state index contributed by atoms with van der Waals surface area (Å²) >= 11 is 2.70. The molecule has 1 aromatic rings. The van der Waals surface area contributed by atoms with Gasteiger partial charge in [-0.05, 0) is 22.4 Å². The van der Waals surface area contributed by atoms with Crippen LogP contribution in [-0.4, -0.2) is 20.9 Å². The Bertz CT molecular complexity index is 402. The number of halogens is 4. The van der Waals surface area contributed by atoms with Gasteiger partial charge < -0.3 is 5.11 Å². The van der Waals surface area contributed by atoms with Crippen LogP contribution in [0.1, 0.15) is 25.1 Å². The van der Waals surface area contributed by atoms with Gasteiger partial charge in [0.05, 0.1) is 4.47 Å². The smallest absolute Gasteiger partial charge is 0.436 e. The average Bonchev–Trinajstić information content (AvgIpc) is 2.47. The van der Waals surface area contributed by atoms with Crippen LogP contribution in [0.25, 0.3) is 0 Å². The highest BCUT2D eigenvalue weighted by Crippen LogP contribution is 2.34. The van der Waals surface area contributed by atoms with E-state index in [1.54, 1.807) is 6.92 Å². The lowest BCUT2D eigenvalue weighted by atomic mass is 10.2. The second-order valence-electron chi connectivity index (χ2n) is 3.07. The molecule has 0 unspecified atom stereocenters. The van der Waals surface area contributed by atoms with E-state index in [9.17, 15) is 18.0 Å². The average molecular weight is 301 g/mol. The van der Waals surface area contributed by atoms with Crippen molar-refractivity contribution < 1.29 is 23.1 Å². The molecule has 0 aliphatic heterocycles. The molecular weight excluding hydrogens is 293 g/mol. The molecule has 1 rings (SSSR count). The summed E-state index contributed by atoms with van der Waals surface area (Å²) in [6.45, 7) is 1.56. The fraction of sp³-hybridized carbons (Fsp3) is 0.500. The highest BCUT2D eigenvalue weighted by Gasteiger charge is 2.37. The summed E-state index contributed by atoms with van der Waals surface area (Å²) in [5.74, 6) is -1.22. The van der Waals surface area contributed by atoms with E-state index in [-0.39, 0.29) is 10.9 Å². The van der Waals surface area contributed by atoms with Crippen molar-refractivity contribution in [3.05, 3.63) is 16.4 Å². The molecule has 8 heteroatoms. The molecule has 1 heterocycles. The van der Waals surface area contributed by atoms with Gasteiger partial charge in [0.2, 0.25) is 0 Å². The van der Waals surface area contributed by atoms with Crippen LogP contribution in [0.15, 0.2) is 10.7 Å². The van der Waals surface area contributed by atoms with Crippen LogP contribution in [0, 0.1) is 0 Å². The van der Waals surface area contributed by atoms with Crippen LogP contribution < -0.4 is 0 Å². The first kappa shape index (κ1) is 13.0. The number of carboxylic acids is 1. The second-order valence-corrected chi connectivity index (χ2v) is 3.92. The van der Waals surface area contributed by atoms with Crippen molar-refractivity contribution in [3.8, 4) is 0 Å². The van der Waals surface area contributed by atoms with Crippen molar-refractivity contribution in [2.75, 3.05) is 0 Å². The predicted molar refractivity (Wildman–Crippen MR) is 51.9 cm³/mol. The number of rotatable bonds is 3. The van der Waals surface area contributed by atoms with E-state index < -0.39 is 23.9 Å². The molecule has 4 nitrogen and oxygen atoms in total. The van der Waals surface area contributed by atoms with Crippen LogP contribution in [0.5, 0.6) is 0 Å². The summed E-state index contributed by atoms with van der Waals surface area (Å²) in [5, 5.41) is 12.0. The zero-order valence-corrected chi connectivity index (χ0v) is 9.71. The third kappa shape index (κ3) is 2.55. The zero-order chi connectivity index (χ0) is 12.5. The Morgan fingerprint density at radius 1 is 1.69 bits per heavy atom. The third-order valence-electron chi connectivity index (χ3n) is 1.95. The van der Waals surface area contributed by atoms with E-state index in [1.165, 1.54) is 0 Å². The maximum Gasteiger partial charge on any atom is 0.436 e. The van der Waals surface area contributed by atoms with Crippen molar-refractivity contribution in [2.24, 2.45) is 0 Å². The molecule has 0 bridgehead atoms. The van der Waals surface area contributed by atoms with Gasteiger partial charge in [-0.3, -0.25) is 4.68 Å². The number of hydrogen-bond acceptors (Lipinski definition) is 2. The molecular formula is C8H8BrF3N2O2. The van der Waals surface area contributed by atoms with Crippen LogP contribution in [0.2, 0.25) is 0 Å². The van der Waals surface area contributed by atoms with Gasteiger partial charge in [-0.15, -0.1) is 0 Å². The Balaban J connectivity index is 3.14. The van der Waals surface area contributed by atoms with E-state index in [2.05, 4.69) is 21.0 Å². The molecule has 16 heavy (non-hydrogen) atoms. The van der Waals surface area contributed by atoms with E-state index in [0.717, 1.165) is 10.9 Å². The highest BCUT2D eigenvalue weighted by atomic mass is 79.9. The molecule has 0 saturated carbocycles. The number of nitrogens with zero attached hydrogens (tertiary/aromatic N) is 2. The molecule has 0 amide bonds. The molecule has 0 spiro atoms. The van der Waals surface area contributed by atoms with Gasteiger partial charge in [0.15, 0.2) is 5.69 Å². The quantitative estimate of drug-likeness (QED) is 0.934. The number of carbonyl (C=O) groups is 1. The van der Waals surface area contributed by atoms with E-state index in [4.69, 9.17) is 5.11 Å². The number of aliphatic carboxylic acids is 1. The standard InChI is InChI=1S/C8H8BrF3N2O2/c1-2-5(7(15)16)14-3-4(9)6(13-14)8(10,11)12/h3,5H,2H2,1H3,(H,15,16)/t5-/m0/s1. The molecule has 1 atom stereocenters. The van der Waals surface area contributed by atoms with Gasteiger partial charge in [0.1, 0.15) is 6.04 Å². The summed E-state index contributed by atoms with van der Waals surface area (Å²) in [6, 6.07) is -1.09. The minimum Gasteiger partial charge on any atom is -0.480 e. The zero-order valence-electron chi connectivity index (χ0n) is 8.12. The highest BCUT2D eigenvalue weighted by molar-refractivity contribution is 9.10. The summed E-state index contributed by atoms with van der Waals surface area (Å²) in [6.07, 6.45) is -3.42. The van der Waals surface area contributed by atoms with Crippen molar-refractivity contribution in [1.82, 2.24) is 9.78 Å². The predicted octanol–water partition coefficient (Wildman–Crippen LogP) is 2.70. The first-order valence-electron chi connectivity index (χ1n) is 4.32. The molecule has 0 saturated heterocycles. The van der Waals surface area contributed by atoms with Crippen LogP contribution >= 0.6 is 15.9 Å². The maximum atomic E-state index is 12.4.